The maximum atomic E-state index is 12.6. The Kier molecular flexibility index (Phi) is 16.8. The maximum Gasteiger partial charge on any atom is 0.481 e. The molecule has 3 rings (SSSR count). The number of aliphatic hydroxyl groups is 2. The van der Waals surface area contributed by atoms with Gasteiger partial charge in [0.05, 0.1) is 19.5 Å². The first-order valence-electron chi connectivity index (χ1n) is 14.5. The van der Waals surface area contributed by atoms with Crippen molar-refractivity contribution in [1.82, 2.24) is 30.2 Å². The molecule has 0 saturated carbocycles. The van der Waals surface area contributed by atoms with Crippen molar-refractivity contribution in [3.8, 4) is 0 Å². The van der Waals surface area contributed by atoms with Gasteiger partial charge < -0.3 is 50.9 Å². The van der Waals surface area contributed by atoms with Crippen LogP contribution in [0, 0.1) is 5.41 Å². The van der Waals surface area contributed by atoms with Gasteiger partial charge in [0.1, 0.15) is 36.3 Å². The van der Waals surface area contributed by atoms with E-state index in [1.54, 1.807) is 0 Å². The van der Waals surface area contributed by atoms with E-state index >= 15 is 0 Å². The van der Waals surface area contributed by atoms with Crippen molar-refractivity contribution in [3.63, 3.8) is 0 Å². The van der Waals surface area contributed by atoms with E-state index < -0.39 is 84.6 Å². The SMILES string of the molecule is CC(=O)SCCNC(=O)CCNC(=O)[C@H](O)C(C)(C)COP(=O)(O)OP(=O)(O)OC[C@H]1O[C@@H](n2cnc3c(N)ncnc32)[C@H](O)[C@@H]1OP(=O)(O)O.S. The van der Waals surface area contributed by atoms with E-state index in [9.17, 15) is 57.9 Å². The minimum Gasteiger partial charge on any atom is -0.386 e. The van der Waals surface area contributed by atoms with Gasteiger partial charge in [0.2, 0.25) is 11.8 Å². The largest absolute Gasteiger partial charge is 0.481 e. The highest BCUT2D eigenvalue weighted by Crippen LogP contribution is 2.61. The summed E-state index contributed by atoms with van der Waals surface area (Å²) < 4.78 is 61.8. The Labute approximate surface area is 306 Å². The van der Waals surface area contributed by atoms with E-state index in [0.29, 0.717) is 5.75 Å². The number of ether oxygens (including phenoxy) is 1. The van der Waals surface area contributed by atoms with Crippen LogP contribution >= 0.6 is 48.7 Å². The molecule has 10 N–H and O–H groups in total. The number of nitrogens with two attached hydrogens (primary N) is 1. The Balaban J connectivity index is 0.00000936. The van der Waals surface area contributed by atoms with Crippen molar-refractivity contribution in [2.45, 2.75) is 57.8 Å². The van der Waals surface area contributed by atoms with Crippen LogP contribution in [0.4, 0.5) is 5.82 Å². The number of thioether (sulfide) groups is 1. The van der Waals surface area contributed by atoms with E-state index in [2.05, 4.69) is 34.4 Å². The van der Waals surface area contributed by atoms with Gasteiger partial charge in [-0.15, -0.1) is 0 Å². The number of aromatic nitrogens is 4. The minimum absolute atomic E-state index is 0. The van der Waals surface area contributed by atoms with Crippen molar-refractivity contribution in [1.29, 1.82) is 0 Å². The van der Waals surface area contributed by atoms with Crippen molar-refractivity contribution < 1.29 is 80.5 Å². The Morgan fingerprint density at radius 3 is 2.37 bits per heavy atom. The molecule has 2 amide bonds. The number of nitrogens with zero attached hydrogens (tertiary/aromatic N) is 4. The molecule has 296 valence electrons. The quantitative estimate of drug-likeness (QED) is 0.0592. The van der Waals surface area contributed by atoms with Crippen LogP contribution in [0.25, 0.3) is 11.2 Å². The fraction of sp³-hybridized carbons (Fsp3) is 0.652. The third-order valence-electron chi connectivity index (χ3n) is 6.81. The Morgan fingerprint density at radius 2 is 1.73 bits per heavy atom. The first-order chi connectivity index (χ1) is 23.5. The molecule has 24 nitrogen and oxygen atoms in total. The third-order valence-corrected chi connectivity index (χ3v) is 10.7. The molecule has 1 fully saturated rings. The lowest BCUT2D eigenvalue weighted by Gasteiger charge is -2.30. The molecule has 29 heteroatoms. The molecule has 3 heterocycles. The average molecular weight is 844 g/mol. The van der Waals surface area contributed by atoms with Crippen molar-refractivity contribution in [2.24, 2.45) is 5.41 Å². The number of fused-ring (bicyclic) bond motifs is 1. The topological polar surface area (TPSA) is 364 Å². The first-order valence-corrected chi connectivity index (χ1v) is 20.0. The molecule has 2 unspecified atom stereocenters. The lowest BCUT2D eigenvalue weighted by Crippen LogP contribution is -2.46. The summed E-state index contributed by atoms with van der Waals surface area (Å²) in [5.41, 5.74) is 4.26. The van der Waals surface area contributed by atoms with Gasteiger partial charge in [-0.25, -0.2) is 28.6 Å². The standard InChI is InChI=1S/C23H38N7O17P3S.H2S/c1-12(31)51-7-6-25-14(32)4-5-26-21(35)18(34)23(2,3)9-44-50(41,42)47-49(39,40)43-8-13-17(46-48(36,37)38)16(33)22(45-13)30-11-29-15-19(24)27-10-28-20(15)30;/h10-11,13,16-18,22,33-34H,4-9H2,1-3H3,(H,25,32)(H,26,35)(H,39,40)(H,41,42)(H2,24,27,28)(H2,36,37,38);1H2/t13-,16-,17-,18+,22-;/m1./s1. The second kappa shape index (κ2) is 19.0. The zero-order chi connectivity index (χ0) is 38.4. The van der Waals surface area contributed by atoms with Crippen molar-refractivity contribution in [3.05, 3.63) is 12.7 Å². The fourth-order valence-electron chi connectivity index (χ4n) is 4.32. The number of phosphoric acid groups is 3. The smallest absolute Gasteiger partial charge is 0.386 e. The van der Waals surface area contributed by atoms with Gasteiger partial charge in [-0.3, -0.25) is 32.5 Å². The predicted octanol–water partition coefficient (Wildman–Crippen LogP) is -1.20. The number of imidazole rings is 1. The molecule has 0 aromatic carbocycles. The molecule has 0 aliphatic carbocycles. The van der Waals surface area contributed by atoms with Crippen LogP contribution in [0.1, 0.15) is 33.4 Å². The molecule has 0 bridgehead atoms. The van der Waals surface area contributed by atoms with E-state index in [0.717, 1.165) is 29.0 Å². The zero-order valence-corrected chi connectivity index (χ0v) is 32.1. The van der Waals surface area contributed by atoms with E-state index in [1.807, 2.05) is 0 Å². The van der Waals surface area contributed by atoms with Gasteiger partial charge in [0, 0.05) is 37.6 Å². The number of aliphatic hydroxyl groups excluding tert-OH is 2. The summed E-state index contributed by atoms with van der Waals surface area (Å²) in [5, 5.41) is 26.1. The normalized spacial score (nSPS) is 22.2. The van der Waals surface area contributed by atoms with Crippen LogP contribution in [0.5, 0.6) is 0 Å². The average Bonchev–Trinajstić information content (AvgIpc) is 3.57. The molecule has 2 aromatic rings. The molecular formula is C23H40N7O17P3S2. The van der Waals surface area contributed by atoms with E-state index in [1.165, 1.54) is 20.8 Å². The maximum absolute atomic E-state index is 12.6. The highest BCUT2D eigenvalue weighted by Gasteiger charge is 2.50. The molecule has 1 aliphatic heterocycles. The number of carbonyl (C=O) groups is 3. The Bertz CT molecular complexity index is 1720. The predicted molar refractivity (Wildman–Crippen MR) is 183 cm³/mol. The summed E-state index contributed by atoms with van der Waals surface area (Å²) in [6.45, 7) is 1.90. The van der Waals surface area contributed by atoms with Gasteiger partial charge in [-0.2, -0.15) is 17.8 Å². The Morgan fingerprint density at radius 1 is 1.08 bits per heavy atom. The van der Waals surface area contributed by atoms with Crippen LogP contribution in [0.15, 0.2) is 12.7 Å². The minimum atomic E-state index is -5.56. The molecule has 0 radical (unpaired) electrons. The summed E-state index contributed by atoms with van der Waals surface area (Å²) in [7, 11) is -16.4. The van der Waals surface area contributed by atoms with Gasteiger partial charge >= 0.3 is 23.5 Å². The number of nitrogens with one attached hydrogen (secondary N) is 2. The third kappa shape index (κ3) is 13.6. The van der Waals surface area contributed by atoms with Gasteiger partial charge in [-0.1, -0.05) is 25.6 Å². The van der Waals surface area contributed by atoms with Gasteiger partial charge in [-0.05, 0) is 0 Å². The van der Waals surface area contributed by atoms with Crippen LogP contribution in [0.3, 0.4) is 0 Å². The number of hydrogen-bond acceptors (Lipinski definition) is 18. The highest BCUT2D eigenvalue weighted by molar-refractivity contribution is 8.13. The first kappa shape index (κ1) is 46.1. The summed E-state index contributed by atoms with van der Waals surface area (Å²) >= 11 is 1.03. The zero-order valence-electron chi connectivity index (χ0n) is 27.6. The number of rotatable bonds is 19. The molecular weight excluding hydrogens is 803 g/mol. The number of anilines is 1. The number of nitrogen functional groups attached to an aromatic ring is 1. The summed E-state index contributed by atoms with van der Waals surface area (Å²) in [5.74, 6) is -1.08. The fourth-order valence-corrected chi connectivity index (χ4v) is 7.65. The van der Waals surface area contributed by atoms with Crippen LogP contribution in [-0.2, 0) is 50.7 Å². The summed E-state index contributed by atoms with van der Waals surface area (Å²) in [6, 6.07) is 0. The molecule has 1 aliphatic rings. The van der Waals surface area contributed by atoms with Crippen molar-refractivity contribution in [2.75, 3.05) is 37.8 Å². The second-order valence-corrected chi connectivity index (χ2v) is 16.9. The lowest BCUT2D eigenvalue weighted by atomic mass is 9.87. The van der Waals surface area contributed by atoms with Crippen molar-refractivity contribution >= 4 is 82.6 Å². The Hall–Kier alpha value is -2.09. The number of phosphoric ester groups is 3. The van der Waals surface area contributed by atoms with Crippen LogP contribution < -0.4 is 16.4 Å². The summed E-state index contributed by atoms with van der Waals surface area (Å²) in [6.07, 6.45) is -6.88. The summed E-state index contributed by atoms with van der Waals surface area (Å²) in [4.78, 5) is 85.9. The number of amides is 2. The lowest BCUT2D eigenvalue weighted by molar-refractivity contribution is -0.137. The molecule has 7 atom stereocenters. The molecule has 52 heavy (non-hydrogen) atoms. The van der Waals surface area contributed by atoms with E-state index in [-0.39, 0.29) is 55.1 Å². The molecule has 0 spiro atoms. The van der Waals surface area contributed by atoms with Crippen LogP contribution in [-0.4, -0.2) is 123 Å². The highest BCUT2D eigenvalue weighted by atomic mass is 32.2. The van der Waals surface area contributed by atoms with Gasteiger partial charge in [0.15, 0.2) is 22.8 Å². The van der Waals surface area contributed by atoms with Gasteiger partial charge in [0.25, 0.3) is 0 Å². The monoisotopic (exact) mass is 843 g/mol. The molecule has 2 aromatic heterocycles. The van der Waals surface area contributed by atoms with E-state index in [4.69, 9.17) is 19.5 Å². The molecule has 1 saturated heterocycles. The second-order valence-electron chi connectivity index (χ2n) is 11.4. The number of carbonyl (C=O) groups excluding carboxylic acids is 3. The number of hydrogen-bond donors (Lipinski definition) is 9. The van der Waals surface area contributed by atoms with Crippen LogP contribution in [0.2, 0.25) is 0 Å².